The minimum atomic E-state index is -0.417. The van der Waals surface area contributed by atoms with Crippen LogP contribution in [0, 0.1) is 11.7 Å². The lowest BCUT2D eigenvalue weighted by Gasteiger charge is -2.20. The molecule has 11 heteroatoms. The van der Waals surface area contributed by atoms with Gasteiger partial charge in [-0.05, 0) is 54.8 Å². The third kappa shape index (κ3) is 6.94. The van der Waals surface area contributed by atoms with Crippen LogP contribution in [-0.4, -0.2) is 32.3 Å². The van der Waals surface area contributed by atoms with Gasteiger partial charge >= 0.3 is 0 Å². The lowest BCUT2D eigenvalue weighted by molar-refractivity contribution is -0.113. The van der Waals surface area contributed by atoms with E-state index >= 15 is 0 Å². The highest BCUT2D eigenvalue weighted by Crippen LogP contribution is 2.26. The summed E-state index contributed by atoms with van der Waals surface area (Å²) in [7, 11) is 1.78. The van der Waals surface area contributed by atoms with Crippen molar-refractivity contribution in [2.45, 2.75) is 31.5 Å². The molecule has 3 rings (SSSR count). The summed E-state index contributed by atoms with van der Waals surface area (Å²) < 4.78 is 14.8. The molecule has 1 unspecified atom stereocenters. The first kappa shape index (κ1) is 26.0. The van der Waals surface area contributed by atoms with Gasteiger partial charge in [0.2, 0.25) is 5.91 Å². The Morgan fingerprint density at radius 2 is 1.82 bits per heavy atom. The maximum atomic E-state index is 13.0. The van der Waals surface area contributed by atoms with E-state index < -0.39 is 6.04 Å². The van der Waals surface area contributed by atoms with E-state index in [1.54, 1.807) is 23.7 Å². The number of carbonyl (C=O) groups is 2. The fraction of sp³-hybridized carbons (Fsp3) is 0.304. The van der Waals surface area contributed by atoms with Gasteiger partial charge in [0.05, 0.1) is 22.4 Å². The van der Waals surface area contributed by atoms with E-state index in [0.29, 0.717) is 33.7 Å². The Morgan fingerprint density at radius 3 is 2.47 bits per heavy atom. The molecule has 2 aromatic carbocycles. The molecule has 7 nitrogen and oxygen atoms in total. The number of anilines is 1. The van der Waals surface area contributed by atoms with Crippen LogP contribution in [0.2, 0.25) is 10.0 Å². The van der Waals surface area contributed by atoms with E-state index in [4.69, 9.17) is 23.2 Å². The predicted octanol–water partition coefficient (Wildman–Crippen LogP) is 5.51. The normalized spacial score (nSPS) is 12.0. The van der Waals surface area contributed by atoms with Gasteiger partial charge in [0, 0.05) is 17.8 Å². The van der Waals surface area contributed by atoms with Crippen LogP contribution < -0.4 is 10.6 Å². The lowest BCUT2D eigenvalue weighted by atomic mass is 10.0. The number of benzene rings is 2. The van der Waals surface area contributed by atoms with Crippen LogP contribution >= 0.6 is 35.0 Å². The third-order valence-corrected chi connectivity index (χ3v) is 6.40. The zero-order chi connectivity index (χ0) is 24.8. The van der Waals surface area contributed by atoms with Gasteiger partial charge in [0.25, 0.3) is 5.91 Å². The molecule has 0 saturated carbocycles. The molecule has 180 valence electrons. The van der Waals surface area contributed by atoms with Crippen LogP contribution in [-0.2, 0) is 11.8 Å². The van der Waals surface area contributed by atoms with Gasteiger partial charge in [-0.3, -0.25) is 9.59 Å². The Labute approximate surface area is 211 Å². The summed E-state index contributed by atoms with van der Waals surface area (Å²) in [5, 5.41) is 15.4. The van der Waals surface area contributed by atoms with E-state index in [1.807, 2.05) is 13.8 Å². The van der Waals surface area contributed by atoms with Crippen LogP contribution in [0.1, 0.15) is 42.5 Å². The Kier molecular flexibility index (Phi) is 8.93. The number of nitrogens with zero attached hydrogens (tertiary/aromatic N) is 3. The number of hydrogen-bond acceptors (Lipinski definition) is 5. The van der Waals surface area contributed by atoms with Crippen molar-refractivity contribution in [1.29, 1.82) is 0 Å². The van der Waals surface area contributed by atoms with Gasteiger partial charge in [0.15, 0.2) is 11.0 Å². The van der Waals surface area contributed by atoms with Crippen molar-refractivity contribution in [3.63, 3.8) is 0 Å². The molecule has 1 heterocycles. The molecule has 0 aliphatic carbocycles. The summed E-state index contributed by atoms with van der Waals surface area (Å²) in [4.78, 5) is 25.2. The average Bonchev–Trinajstić information content (AvgIpc) is 3.13. The highest BCUT2D eigenvalue weighted by atomic mass is 35.5. The Bertz CT molecular complexity index is 1170. The van der Waals surface area contributed by atoms with E-state index in [2.05, 4.69) is 20.8 Å². The minimum Gasteiger partial charge on any atom is -0.342 e. The van der Waals surface area contributed by atoms with E-state index in [9.17, 15) is 14.0 Å². The smallest absolute Gasteiger partial charge is 0.253 e. The van der Waals surface area contributed by atoms with Gasteiger partial charge in [0.1, 0.15) is 5.82 Å². The maximum Gasteiger partial charge on any atom is 0.253 e. The van der Waals surface area contributed by atoms with Gasteiger partial charge in [-0.1, -0.05) is 48.8 Å². The number of halogens is 3. The first-order chi connectivity index (χ1) is 16.1. The van der Waals surface area contributed by atoms with E-state index in [1.165, 1.54) is 42.1 Å². The van der Waals surface area contributed by atoms with Gasteiger partial charge in [-0.15, -0.1) is 10.2 Å². The second kappa shape index (κ2) is 11.7. The summed E-state index contributed by atoms with van der Waals surface area (Å²) in [6, 6.07) is 9.81. The summed E-state index contributed by atoms with van der Waals surface area (Å²) in [6.07, 6.45) is 0.624. The van der Waals surface area contributed by atoms with Crippen LogP contribution in [0.15, 0.2) is 47.6 Å². The molecule has 0 bridgehead atoms. The van der Waals surface area contributed by atoms with Crippen molar-refractivity contribution in [1.82, 2.24) is 20.1 Å². The Hall–Kier alpha value is -2.62. The van der Waals surface area contributed by atoms with Crippen LogP contribution in [0.4, 0.5) is 10.1 Å². The maximum absolute atomic E-state index is 13.0. The number of rotatable bonds is 9. The molecule has 1 aromatic heterocycles. The van der Waals surface area contributed by atoms with Crippen molar-refractivity contribution >= 4 is 52.5 Å². The number of carbonyl (C=O) groups excluding carboxylic acids is 2. The fourth-order valence-corrected chi connectivity index (χ4v) is 4.44. The molecule has 1 atom stereocenters. The van der Waals surface area contributed by atoms with Crippen LogP contribution in [0.5, 0.6) is 0 Å². The van der Waals surface area contributed by atoms with E-state index in [-0.39, 0.29) is 34.3 Å². The molecule has 3 aromatic rings. The number of aromatic nitrogens is 3. The summed E-state index contributed by atoms with van der Waals surface area (Å²) in [5.41, 5.74) is 0.820. The first-order valence-electron chi connectivity index (χ1n) is 10.5. The minimum absolute atomic E-state index is 0.0882. The van der Waals surface area contributed by atoms with Crippen LogP contribution in [0.3, 0.4) is 0 Å². The second-order valence-corrected chi connectivity index (χ2v) is 9.81. The molecule has 0 aliphatic rings. The average molecular weight is 524 g/mol. The highest BCUT2D eigenvalue weighted by molar-refractivity contribution is 7.99. The topological polar surface area (TPSA) is 88.9 Å². The SMILES string of the molecule is CC(C)CC(NC(=O)c1ccc(Cl)cc1Cl)c1nnc(SCC(=O)Nc2ccc(F)cc2)n1C. The van der Waals surface area contributed by atoms with E-state index in [0.717, 1.165) is 0 Å². The first-order valence-corrected chi connectivity index (χ1v) is 12.2. The molecular weight excluding hydrogens is 500 g/mol. The molecule has 0 aliphatic heterocycles. The zero-order valence-electron chi connectivity index (χ0n) is 18.8. The monoisotopic (exact) mass is 523 g/mol. The largest absolute Gasteiger partial charge is 0.342 e. The van der Waals surface area contributed by atoms with Crippen molar-refractivity contribution in [2.24, 2.45) is 13.0 Å². The van der Waals surface area contributed by atoms with Crippen molar-refractivity contribution < 1.29 is 14.0 Å². The van der Waals surface area contributed by atoms with Crippen LogP contribution in [0.25, 0.3) is 0 Å². The zero-order valence-corrected chi connectivity index (χ0v) is 21.1. The standard InChI is InChI=1S/C23H24Cl2FN5O2S/c1-13(2)10-19(28-22(33)17-9-4-14(24)11-18(17)25)21-29-30-23(31(21)3)34-12-20(32)27-16-7-5-15(26)6-8-16/h4-9,11,13,19H,10,12H2,1-3H3,(H,27,32)(H,28,33). The number of hydrogen-bond donors (Lipinski definition) is 2. The molecule has 2 N–H and O–H groups in total. The van der Waals surface area contributed by atoms with Gasteiger partial charge in [-0.2, -0.15) is 0 Å². The molecule has 0 fully saturated rings. The molecular formula is C23H24Cl2FN5O2S. The Balaban J connectivity index is 1.69. The summed E-state index contributed by atoms with van der Waals surface area (Å²) in [5.74, 6) is -0.0618. The third-order valence-electron chi connectivity index (χ3n) is 4.83. The number of nitrogens with one attached hydrogen (secondary N) is 2. The molecule has 0 spiro atoms. The molecule has 2 amide bonds. The lowest BCUT2D eigenvalue weighted by Crippen LogP contribution is -2.31. The second-order valence-electron chi connectivity index (χ2n) is 8.02. The van der Waals surface area contributed by atoms with Crippen molar-refractivity contribution in [3.05, 3.63) is 69.7 Å². The molecule has 0 radical (unpaired) electrons. The number of amides is 2. The Morgan fingerprint density at radius 1 is 1.12 bits per heavy atom. The molecule has 0 saturated heterocycles. The summed E-state index contributed by atoms with van der Waals surface area (Å²) in [6.45, 7) is 4.08. The molecule has 34 heavy (non-hydrogen) atoms. The van der Waals surface area contributed by atoms with Crippen molar-refractivity contribution in [2.75, 3.05) is 11.1 Å². The fourth-order valence-electron chi connectivity index (χ4n) is 3.23. The number of thioether (sulfide) groups is 1. The summed E-state index contributed by atoms with van der Waals surface area (Å²) >= 11 is 13.3. The van der Waals surface area contributed by atoms with Crippen molar-refractivity contribution in [3.8, 4) is 0 Å². The highest BCUT2D eigenvalue weighted by Gasteiger charge is 2.24. The predicted molar refractivity (Wildman–Crippen MR) is 133 cm³/mol. The van der Waals surface area contributed by atoms with Gasteiger partial charge < -0.3 is 15.2 Å². The van der Waals surface area contributed by atoms with Gasteiger partial charge in [-0.25, -0.2) is 4.39 Å². The quantitative estimate of drug-likeness (QED) is 0.361.